The second kappa shape index (κ2) is 7.27. The Hall–Kier alpha value is -0.810. The highest BCUT2D eigenvalue weighted by atomic mass is 79.9. The minimum atomic E-state index is 0.0548. The first-order valence-corrected chi connectivity index (χ1v) is 8.10. The van der Waals surface area contributed by atoms with Crippen LogP contribution in [0.25, 0.3) is 0 Å². The normalized spacial score (nSPS) is 14.6. The predicted octanol–water partition coefficient (Wildman–Crippen LogP) is 3.16. The lowest BCUT2D eigenvalue weighted by molar-refractivity contribution is 0.0672. The summed E-state index contributed by atoms with van der Waals surface area (Å²) in [5.74, 6) is 0.827. The Morgan fingerprint density at radius 1 is 1.55 bits per heavy atom. The van der Waals surface area contributed by atoms with Gasteiger partial charge in [0, 0.05) is 37.4 Å². The molecular weight excluding hydrogens is 320 g/mol. The number of halogens is 1. The molecule has 0 unspecified atom stereocenters. The van der Waals surface area contributed by atoms with Crippen LogP contribution in [0.4, 0.5) is 0 Å². The van der Waals surface area contributed by atoms with E-state index in [4.69, 9.17) is 4.74 Å². The molecule has 0 atom stereocenters. The van der Waals surface area contributed by atoms with Crippen LogP contribution in [0.15, 0.2) is 16.7 Å². The topological polar surface area (TPSA) is 34.5 Å². The van der Waals surface area contributed by atoms with Crippen LogP contribution >= 0.6 is 15.9 Å². The molecule has 0 aliphatic heterocycles. The summed E-state index contributed by atoms with van der Waals surface area (Å²) in [4.78, 5) is 14.2. The Balaban J connectivity index is 1.84. The van der Waals surface area contributed by atoms with Crippen LogP contribution in [-0.4, -0.2) is 42.2 Å². The number of amides is 1. The maximum atomic E-state index is 12.4. The van der Waals surface area contributed by atoms with Gasteiger partial charge in [-0.05, 0) is 47.2 Å². The van der Waals surface area contributed by atoms with E-state index < -0.39 is 0 Å². The van der Waals surface area contributed by atoms with Crippen LogP contribution in [0.1, 0.15) is 36.7 Å². The van der Waals surface area contributed by atoms with E-state index in [9.17, 15) is 4.79 Å². The summed E-state index contributed by atoms with van der Waals surface area (Å²) < 4.78 is 8.55. The first-order chi connectivity index (χ1) is 9.61. The molecule has 0 bridgehead atoms. The highest BCUT2D eigenvalue weighted by molar-refractivity contribution is 9.10. The van der Waals surface area contributed by atoms with Crippen molar-refractivity contribution in [3.8, 4) is 0 Å². The van der Waals surface area contributed by atoms with Gasteiger partial charge in [-0.25, -0.2) is 0 Å². The largest absolute Gasteiger partial charge is 0.379 e. The first-order valence-electron chi connectivity index (χ1n) is 7.30. The minimum absolute atomic E-state index is 0.0548. The Kier molecular flexibility index (Phi) is 5.66. The monoisotopic (exact) mass is 342 g/mol. The summed E-state index contributed by atoms with van der Waals surface area (Å²) in [5, 5.41) is 0. The zero-order valence-corrected chi connectivity index (χ0v) is 13.9. The first kappa shape index (κ1) is 15.6. The van der Waals surface area contributed by atoms with Crippen molar-refractivity contribution < 1.29 is 9.53 Å². The molecule has 1 fully saturated rings. The molecule has 1 aromatic heterocycles. The standard InChI is InChI=1S/C15H23BrN2O2/c1-3-6-18-10-13(16)9-14(18)15(19)17(2)7-8-20-11-12-4-5-12/h9-10,12H,3-8,11H2,1-2H3. The van der Waals surface area contributed by atoms with Crippen molar-refractivity contribution >= 4 is 21.8 Å². The number of hydrogen-bond donors (Lipinski definition) is 0. The van der Waals surface area contributed by atoms with Crippen LogP contribution in [-0.2, 0) is 11.3 Å². The van der Waals surface area contributed by atoms with Crippen molar-refractivity contribution in [3.05, 3.63) is 22.4 Å². The van der Waals surface area contributed by atoms with Gasteiger partial charge < -0.3 is 14.2 Å². The van der Waals surface area contributed by atoms with Gasteiger partial charge in [-0.15, -0.1) is 0 Å². The number of carbonyl (C=O) groups is 1. The Bertz CT molecular complexity index is 455. The molecule has 0 N–H and O–H groups in total. The molecule has 1 aliphatic carbocycles. The number of rotatable bonds is 8. The molecular formula is C15H23BrN2O2. The third-order valence-corrected chi connectivity index (χ3v) is 3.95. The number of aromatic nitrogens is 1. The van der Waals surface area contributed by atoms with E-state index in [0.717, 1.165) is 35.7 Å². The van der Waals surface area contributed by atoms with Crippen LogP contribution in [0, 0.1) is 5.92 Å². The Morgan fingerprint density at radius 3 is 2.95 bits per heavy atom. The Labute approximate surface area is 129 Å². The molecule has 1 aliphatic rings. The van der Waals surface area contributed by atoms with Gasteiger partial charge in [-0.1, -0.05) is 6.92 Å². The molecule has 0 spiro atoms. The van der Waals surface area contributed by atoms with Crippen LogP contribution in [0.5, 0.6) is 0 Å². The number of likely N-dealkylation sites (N-methyl/N-ethyl adjacent to an activating group) is 1. The van der Waals surface area contributed by atoms with Crippen molar-refractivity contribution in [1.29, 1.82) is 0 Å². The van der Waals surface area contributed by atoms with Crippen LogP contribution < -0.4 is 0 Å². The van der Waals surface area contributed by atoms with Crippen molar-refractivity contribution in [2.24, 2.45) is 5.92 Å². The van der Waals surface area contributed by atoms with Gasteiger partial charge in [0.15, 0.2) is 0 Å². The summed E-state index contributed by atoms with van der Waals surface area (Å²) in [6, 6.07) is 1.89. The van der Waals surface area contributed by atoms with Gasteiger partial charge in [0.1, 0.15) is 5.69 Å². The highest BCUT2D eigenvalue weighted by Crippen LogP contribution is 2.28. The SMILES string of the molecule is CCCn1cc(Br)cc1C(=O)N(C)CCOCC1CC1. The summed E-state index contributed by atoms with van der Waals surface area (Å²) in [6.07, 6.45) is 5.57. The number of nitrogens with zero attached hydrogens (tertiary/aromatic N) is 2. The molecule has 1 heterocycles. The van der Waals surface area contributed by atoms with Gasteiger partial charge in [0.05, 0.1) is 6.61 Å². The lowest BCUT2D eigenvalue weighted by atomic mass is 10.3. The summed E-state index contributed by atoms with van der Waals surface area (Å²) in [6.45, 7) is 5.07. The number of ether oxygens (including phenoxy) is 1. The molecule has 1 amide bonds. The lowest BCUT2D eigenvalue weighted by Crippen LogP contribution is -2.31. The van der Waals surface area contributed by atoms with Crippen molar-refractivity contribution in [3.63, 3.8) is 0 Å². The van der Waals surface area contributed by atoms with Crippen molar-refractivity contribution in [1.82, 2.24) is 9.47 Å². The van der Waals surface area contributed by atoms with E-state index in [2.05, 4.69) is 22.9 Å². The van der Waals surface area contributed by atoms with Crippen LogP contribution in [0.3, 0.4) is 0 Å². The fourth-order valence-electron chi connectivity index (χ4n) is 2.11. The smallest absolute Gasteiger partial charge is 0.270 e. The maximum Gasteiger partial charge on any atom is 0.270 e. The summed E-state index contributed by atoms with van der Waals surface area (Å²) in [5.41, 5.74) is 0.739. The van der Waals surface area contributed by atoms with Gasteiger partial charge in [-0.2, -0.15) is 0 Å². The van der Waals surface area contributed by atoms with Crippen molar-refractivity contribution in [2.75, 3.05) is 26.8 Å². The fraction of sp³-hybridized carbons (Fsp3) is 0.667. The average Bonchev–Trinajstić information content (AvgIpc) is 3.17. The predicted molar refractivity (Wildman–Crippen MR) is 82.9 cm³/mol. The number of aryl methyl sites for hydroxylation is 1. The molecule has 1 aromatic rings. The second-order valence-electron chi connectivity index (χ2n) is 5.48. The fourth-order valence-corrected chi connectivity index (χ4v) is 2.58. The quantitative estimate of drug-likeness (QED) is 0.680. The second-order valence-corrected chi connectivity index (χ2v) is 6.40. The van der Waals surface area contributed by atoms with E-state index in [0.29, 0.717) is 13.2 Å². The van der Waals surface area contributed by atoms with E-state index in [1.807, 2.05) is 23.9 Å². The van der Waals surface area contributed by atoms with E-state index >= 15 is 0 Å². The minimum Gasteiger partial charge on any atom is -0.379 e. The van der Waals surface area contributed by atoms with Crippen LogP contribution in [0.2, 0.25) is 0 Å². The molecule has 20 heavy (non-hydrogen) atoms. The molecule has 2 rings (SSSR count). The summed E-state index contributed by atoms with van der Waals surface area (Å²) >= 11 is 3.44. The van der Waals surface area contributed by atoms with Crippen molar-refractivity contribution in [2.45, 2.75) is 32.7 Å². The van der Waals surface area contributed by atoms with E-state index in [-0.39, 0.29) is 5.91 Å². The molecule has 0 radical (unpaired) electrons. The average molecular weight is 343 g/mol. The van der Waals surface area contributed by atoms with E-state index in [1.165, 1.54) is 12.8 Å². The maximum absolute atomic E-state index is 12.4. The zero-order chi connectivity index (χ0) is 14.5. The van der Waals surface area contributed by atoms with Gasteiger partial charge in [-0.3, -0.25) is 4.79 Å². The third kappa shape index (κ3) is 4.35. The zero-order valence-electron chi connectivity index (χ0n) is 12.3. The Morgan fingerprint density at radius 2 is 2.30 bits per heavy atom. The molecule has 1 saturated carbocycles. The number of carbonyl (C=O) groups excluding carboxylic acids is 1. The summed E-state index contributed by atoms with van der Waals surface area (Å²) in [7, 11) is 1.83. The molecule has 0 saturated heterocycles. The number of hydrogen-bond acceptors (Lipinski definition) is 2. The van der Waals surface area contributed by atoms with E-state index in [1.54, 1.807) is 4.90 Å². The third-order valence-electron chi connectivity index (χ3n) is 3.52. The molecule has 4 nitrogen and oxygen atoms in total. The van der Waals surface area contributed by atoms with Gasteiger partial charge in [0.2, 0.25) is 0 Å². The lowest BCUT2D eigenvalue weighted by Gasteiger charge is -2.18. The van der Waals surface area contributed by atoms with Gasteiger partial charge >= 0.3 is 0 Å². The van der Waals surface area contributed by atoms with Gasteiger partial charge in [0.25, 0.3) is 5.91 Å². The molecule has 0 aromatic carbocycles. The molecule has 5 heteroatoms. The molecule has 112 valence electrons. The highest BCUT2D eigenvalue weighted by Gasteiger charge is 2.21.